The molecule has 0 radical (unpaired) electrons. The lowest BCUT2D eigenvalue weighted by molar-refractivity contribution is -0.121. The number of rotatable bonds is 10. The second-order valence-electron chi connectivity index (χ2n) is 6.01. The van der Waals surface area contributed by atoms with Crippen molar-refractivity contribution < 1.29 is 17.9 Å². The van der Waals surface area contributed by atoms with E-state index >= 15 is 0 Å². The molecule has 0 saturated carbocycles. The van der Waals surface area contributed by atoms with Gasteiger partial charge in [0.2, 0.25) is 15.9 Å². The summed E-state index contributed by atoms with van der Waals surface area (Å²) in [6, 6.07) is 4.93. The van der Waals surface area contributed by atoms with Gasteiger partial charge in [-0.3, -0.25) is 9.10 Å². The summed E-state index contributed by atoms with van der Waals surface area (Å²) in [5.41, 5.74) is 0.452. The highest BCUT2D eigenvalue weighted by atomic mass is 35.5. The molecule has 25 heavy (non-hydrogen) atoms. The van der Waals surface area contributed by atoms with E-state index in [0.29, 0.717) is 22.9 Å². The molecule has 0 aromatic heterocycles. The lowest BCUT2D eigenvalue weighted by Crippen LogP contribution is -2.34. The number of amides is 1. The predicted molar refractivity (Wildman–Crippen MR) is 102 cm³/mol. The number of halogens is 1. The highest BCUT2D eigenvalue weighted by molar-refractivity contribution is 7.92. The van der Waals surface area contributed by atoms with Gasteiger partial charge >= 0.3 is 0 Å². The highest BCUT2D eigenvalue weighted by Gasteiger charge is 2.19. The maximum Gasteiger partial charge on any atom is 0.232 e. The molecule has 142 valence electrons. The number of nitrogens with zero attached hydrogens (tertiary/aromatic N) is 1. The van der Waals surface area contributed by atoms with Gasteiger partial charge in [-0.25, -0.2) is 8.42 Å². The summed E-state index contributed by atoms with van der Waals surface area (Å²) in [4.78, 5) is 11.9. The summed E-state index contributed by atoms with van der Waals surface area (Å²) >= 11 is 6.08. The number of sulfonamides is 1. The molecule has 1 atom stereocenters. The Bertz CT molecular complexity index is 679. The molecule has 0 aliphatic heterocycles. The Morgan fingerprint density at radius 3 is 2.60 bits per heavy atom. The molecule has 0 saturated heterocycles. The van der Waals surface area contributed by atoms with Crippen LogP contribution in [0.4, 0.5) is 5.69 Å². The van der Waals surface area contributed by atoms with E-state index in [1.807, 2.05) is 6.92 Å². The summed E-state index contributed by atoms with van der Waals surface area (Å²) in [5.74, 6) is 0.408. The summed E-state index contributed by atoms with van der Waals surface area (Å²) in [6.07, 6.45) is 3.74. The number of anilines is 1. The van der Waals surface area contributed by atoms with E-state index in [1.165, 1.54) is 11.4 Å². The fourth-order valence-corrected chi connectivity index (χ4v) is 3.74. The van der Waals surface area contributed by atoms with E-state index in [0.717, 1.165) is 19.1 Å². The van der Waals surface area contributed by atoms with Crippen molar-refractivity contribution in [2.24, 2.45) is 0 Å². The number of ether oxygens (including phenoxy) is 1. The second-order valence-corrected chi connectivity index (χ2v) is 8.33. The molecule has 0 aliphatic rings. The van der Waals surface area contributed by atoms with Crippen LogP contribution in [-0.4, -0.2) is 40.3 Å². The predicted octanol–water partition coefficient (Wildman–Crippen LogP) is 3.20. The summed E-state index contributed by atoms with van der Waals surface area (Å²) in [5, 5.41) is 3.25. The first kappa shape index (κ1) is 21.6. The van der Waals surface area contributed by atoms with Crippen LogP contribution in [0.5, 0.6) is 5.75 Å². The smallest absolute Gasteiger partial charge is 0.232 e. The summed E-state index contributed by atoms with van der Waals surface area (Å²) in [7, 11) is -1.99. The number of hydrogen-bond acceptors (Lipinski definition) is 4. The molecule has 1 N–H and O–H groups in total. The zero-order chi connectivity index (χ0) is 19.0. The van der Waals surface area contributed by atoms with Gasteiger partial charge in [0.15, 0.2) is 0 Å². The van der Waals surface area contributed by atoms with Crippen LogP contribution in [0.3, 0.4) is 0 Å². The van der Waals surface area contributed by atoms with Crippen molar-refractivity contribution in [1.29, 1.82) is 0 Å². The Kier molecular flexibility index (Phi) is 8.52. The van der Waals surface area contributed by atoms with Gasteiger partial charge in [0, 0.05) is 19.0 Å². The van der Waals surface area contributed by atoms with E-state index in [9.17, 15) is 13.2 Å². The number of nitrogens with one attached hydrogen (secondary N) is 1. The van der Waals surface area contributed by atoms with Crippen molar-refractivity contribution in [3.63, 3.8) is 0 Å². The zero-order valence-corrected chi connectivity index (χ0v) is 16.8. The molecule has 8 heteroatoms. The van der Waals surface area contributed by atoms with Crippen LogP contribution in [0.2, 0.25) is 5.02 Å². The molecule has 1 rings (SSSR count). The first-order valence-electron chi connectivity index (χ1n) is 8.29. The first-order chi connectivity index (χ1) is 11.7. The average Bonchev–Trinajstić information content (AvgIpc) is 2.50. The fraction of sp³-hybridized carbons (Fsp3) is 0.588. The van der Waals surface area contributed by atoms with Crippen LogP contribution in [0.15, 0.2) is 18.2 Å². The molecule has 6 nitrogen and oxygen atoms in total. The van der Waals surface area contributed by atoms with Gasteiger partial charge in [-0.15, -0.1) is 0 Å². The van der Waals surface area contributed by atoms with Crippen LogP contribution in [0, 0.1) is 0 Å². The monoisotopic (exact) mass is 390 g/mol. The van der Waals surface area contributed by atoms with E-state index in [1.54, 1.807) is 18.2 Å². The van der Waals surface area contributed by atoms with Crippen LogP contribution in [0.25, 0.3) is 0 Å². The topological polar surface area (TPSA) is 75.7 Å². The van der Waals surface area contributed by atoms with Gasteiger partial charge in [0.1, 0.15) is 5.75 Å². The van der Waals surface area contributed by atoms with Crippen molar-refractivity contribution >= 4 is 33.2 Å². The summed E-state index contributed by atoms with van der Waals surface area (Å²) < 4.78 is 30.5. The maximum atomic E-state index is 12.1. The standard InChI is InChI=1S/C17H27ClN2O4S/c1-5-7-13(2)19-17(21)8-6-11-20(25(4,22)23)14-9-10-16(24-3)15(18)12-14/h9-10,12-13H,5-8,11H2,1-4H3,(H,19,21)/t13-/m0/s1. The number of methoxy groups -OCH3 is 1. The van der Waals surface area contributed by atoms with E-state index in [2.05, 4.69) is 12.2 Å². The molecule has 0 aliphatic carbocycles. The SMILES string of the molecule is CCC[C@H](C)NC(=O)CCCN(c1ccc(OC)c(Cl)c1)S(C)(=O)=O. The van der Waals surface area contributed by atoms with Gasteiger partial charge in [0.05, 0.1) is 24.1 Å². The normalized spacial score (nSPS) is 12.5. The van der Waals surface area contributed by atoms with Gasteiger partial charge < -0.3 is 10.1 Å². The third kappa shape index (κ3) is 7.12. The number of hydrogen-bond donors (Lipinski definition) is 1. The van der Waals surface area contributed by atoms with Gasteiger partial charge in [-0.1, -0.05) is 24.9 Å². The molecule has 0 bridgehead atoms. The van der Waals surface area contributed by atoms with Crippen molar-refractivity contribution in [2.45, 2.75) is 45.6 Å². The Hall–Kier alpha value is -1.47. The lowest BCUT2D eigenvalue weighted by Gasteiger charge is -2.23. The Morgan fingerprint density at radius 2 is 2.08 bits per heavy atom. The Balaban J connectivity index is 2.73. The molecule has 0 fully saturated rings. The quantitative estimate of drug-likeness (QED) is 0.665. The third-order valence-electron chi connectivity index (χ3n) is 3.72. The Morgan fingerprint density at radius 1 is 1.40 bits per heavy atom. The average molecular weight is 391 g/mol. The first-order valence-corrected chi connectivity index (χ1v) is 10.5. The second kappa shape index (κ2) is 9.87. The molecule has 1 amide bonds. The van der Waals surface area contributed by atoms with E-state index in [4.69, 9.17) is 16.3 Å². The van der Waals surface area contributed by atoms with Crippen LogP contribution in [-0.2, 0) is 14.8 Å². The van der Waals surface area contributed by atoms with Crippen LogP contribution in [0.1, 0.15) is 39.5 Å². The highest BCUT2D eigenvalue weighted by Crippen LogP contribution is 2.30. The van der Waals surface area contributed by atoms with Crippen molar-refractivity contribution in [3.8, 4) is 5.75 Å². The molecule has 0 unspecified atom stereocenters. The maximum absolute atomic E-state index is 12.1. The van der Waals surface area contributed by atoms with Crippen molar-refractivity contribution in [3.05, 3.63) is 23.2 Å². The molecular weight excluding hydrogens is 364 g/mol. The molecule has 0 heterocycles. The van der Waals surface area contributed by atoms with Crippen molar-refractivity contribution in [2.75, 3.05) is 24.2 Å². The lowest BCUT2D eigenvalue weighted by atomic mass is 10.2. The minimum atomic E-state index is -3.48. The number of benzene rings is 1. The fourth-order valence-electron chi connectivity index (χ4n) is 2.53. The Labute approximate surface area is 155 Å². The molecule has 0 spiro atoms. The van der Waals surface area contributed by atoms with Gasteiger partial charge in [0.25, 0.3) is 0 Å². The van der Waals surface area contributed by atoms with Crippen LogP contribution < -0.4 is 14.4 Å². The number of carbonyl (C=O) groups is 1. The van der Waals surface area contributed by atoms with Crippen LogP contribution >= 0.6 is 11.6 Å². The molecule has 1 aromatic rings. The minimum Gasteiger partial charge on any atom is -0.495 e. The minimum absolute atomic E-state index is 0.0674. The van der Waals surface area contributed by atoms with Gasteiger partial charge in [-0.05, 0) is 38.0 Å². The summed E-state index contributed by atoms with van der Waals surface area (Å²) in [6.45, 7) is 4.23. The number of carbonyl (C=O) groups excluding carboxylic acids is 1. The largest absolute Gasteiger partial charge is 0.495 e. The van der Waals surface area contributed by atoms with E-state index in [-0.39, 0.29) is 24.9 Å². The molecule has 1 aromatic carbocycles. The van der Waals surface area contributed by atoms with E-state index < -0.39 is 10.0 Å². The van der Waals surface area contributed by atoms with Gasteiger partial charge in [-0.2, -0.15) is 0 Å². The third-order valence-corrected chi connectivity index (χ3v) is 5.21. The molecular formula is C17H27ClN2O4S. The van der Waals surface area contributed by atoms with Crippen molar-refractivity contribution in [1.82, 2.24) is 5.32 Å². The zero-order valence-electron chi connectivity index (χ0n) is 15.2.